The second-order valence-electron chi connectivity index (χ2n) is 5.63. The highest BCUT2D eigenvalue weighted by atomic mass is 16.6. The van der Waals surface area contributed by atoms with Crippen LogP contribution in [-0.2, 0) is 16.0 Å². The lowest BCUT2D eigenvalue weighted by Crippen LogP contribution is -2.38. The number of aliphatic carboxylic acids is 1. The molecule has 0 aromatic heterocycles. The van der Waals surface area contributed by atoms with Crippen LogP contribution < -0.4 is 9.47 Å². The summed E-state index contributed by atoms with van der Waals surface area (Å²) >= 11 is 0. The third-order valence-corrected chi connectivity index (χ3v) is 3.35. The molecule has 1 aliphatic heterocycles. The molecular formula is C15H20O5. The molecule has 0 amide bonds. The molecule has 1 saturated heterocycles. The van der Waals surface area contributed by atoms with Gasteiger partial charge in [0.25, 0.3) is 0 Å². The smallest absolute Gasteiger partial charge is 0.309 e. The van der Waals surface area contributed by atoms with Crippen LogP contribution >= 0.6 is 0 Å². The number of hydrogen-bond donors (Lipinski definition) is 1. The molecule has 0 aliphatic carbocycles. The van der Waals surface area contributed by atoms with Crippen molar-refractivity contribution in [2.75, 3.05) is 20.3 Å². The Morgan fingerprint density at radius 3 is 2.60 bits per heavy atom. The SMILES string of the molecule is COc1ccc(CC(C)(C)C(=O)O)cc1OC1COC1. The fourth-order valence-electron chi connectivity index (χ4n) is 1.97. The van der Waals surface area contributed by atoms with Gasteiger partial charge in [-0.05, 0) is 38.0 Å². The van der Waals surface area contributed by atoms with Crippen LogP contribution in [0, 0.1) is 5.41 Å². The largest absolute Gasteiger partial charge is 0.493 e. The fourth-order valence-corrected chi connectivity index (χ4v) is 1.97. The van der Waals surface area contributed by atoms with E-state index in [9.17, 15) is 9.90 Å². The molecule has 1 heterocycles. The molecule has 1 N–H and O–H groups in total. The van der Waals surface area contributed by atoms with Crippen LogP contribution in [0.4, 0.5) is 0 Å². The second kappa shape index (κ2) is 5.71. The van der Waals surface area contributed by atoms with E-state index in [1.165, 1.54) is 0 Å². The monoisotopic (exact) mass is 280 g/mol. The van der Waals surface area contributed by atoms with Gasteiger partial charge in [0.05, 0.1) is 25.7 Å². The molecule has 0 radical (unpaired) electrons. The molecule has 20 heavy (non-hydrogen) atoms. The summed E-state index contributed by atoms with van der Waals surface area (Å²) in [6.45, 7) is 4.57. The maximum atomic E-state index is 11.2. The summed E-state index contributed by atoms with van der Waals surface area (Å²) in [4.78, 5) is 11.2. The van der Waals surface area contributed by atoms with Crippen molar-refractivity contribution in [3.05, 3.63) is 23.8 Å². The quantitative estimate of drug-likeness (QED) is 0.864. The topological polar surface area (TPSA) is 65.0 Å². The van der Waals surface area contributed by atoms with Crippen molar-refractivity contribution >= 4 is 5.97 Å². The van der Waals surface area contributed by atoms with Crippen LogP contribution in [0.1, 0.15) is 19.4 Å². The summed E-state index contributed by atoms with van der Waals surface area (Å²) in [6, 6.07) is 5.53. The van der Waals surface area contributed by atoms with Crippen LogP contribution in [0.15, 0.2) is 18.2 Å². The predicted molar refractivity (Wildman–Crippen MR) is 73.3 cm³/mol. The maximum absolute atomic E-state index is 11.2. The molecule has 0 unspecified atom stereocenters. The Morgan fingerprint density at radius 1 is 1.40 bits per heavy atom. The summed E-state index contributed by atoms with van der Waals surface area (Å²) in [5.41, 5.74) is 0.0965. The summed E-state index contributed by atoms with van der Waals surface area (Å²) in [5, 5.41) is 9.19. The molecule has 0 saturated carbocycles. The van der Waals surface area contributed by atoms with Crippen LogP contribution in [-0.4, -0.2) is 37.5 Å². The van der Waals surface area contributed by atoms with Gasteiger partial charge in [0, 0.05) is 0 Å². The zero-order chi connectivity index (χ0) is 14.8. The summed E-state index contributed by atoms with van der Waals surface area (Å²) in [6.07, 6.45) is 0.482. The number of carboxylic acid groups (broad SMARTS) is 1. The number of hydrogen-bond acceptors (Lipinski definition) is 4. The van der Waals surface area contributed by atoms with E-state index in [2.05, 4.69) is 0 Å². The van der Waals surface area contributed by atoms with Crippen molar-refractivity contribution in [2.45, 2.75) is 26.4 Å². The molecule has 0 bridgehead atoms. The fraction of sp³-hybridized carbons (Fsp3) is 0.533. The van der Waals surface area contributed by atoms with Crippen LogP contribution in [0.25, 0.3) is 0 Å². The summed E-state index contributed by atoms with van der Waals surface area (Å²) < 4.78 is 16.1. The van der Waals surface area contributed by atoms with E-state index in [0.717, 1.165) is 5.56 Å². The molecule has 5 heteroatoms. The number of carbonyl (C=O) groups is 1. The van der Waals surface area contributed by atoms with Crippen LogP contribution in [0.2, 0.25) is 0 Å². The Bertz CT molecular complexity index is 491. The third-order valence-electron chi connectivity index (χ3n) is 3.35. The average Bonchev–Trinajstić information content (AvgIpc) is 2.33. The van der Waals surface area contributed by atoms with Gasteiger partial charge in [-0.25, -0.2) is 0 Å². The molecular weight excluding hydrogens is 260 g/mol. The molecule has 110 valence electrons. The first kappa shape index (κ1) is 14.7. The molecule has 1 aromatic rings. The van der Waals surface area contributed by atoms with E-state index in [0.29, 0.717) is 31.1 Å². The second-order valence-corrected chi connectivity index (χ2v) is 5.63. The van der Waals surface area contributed by atoms with Crippen molar-refractivity contribution in [3.8, 4) is 11.5 Å². The minimum atomic E-state index is -0.817. The van der Waals surface area contributed by atoms with Gasteiger partial charge < -0.3 is 19.3 Å². The van der Waals surface area contributed by atoms with Crippen molar-refractivity contribution in [2.24, 2.45) is 5.41 Å². The first-order chi connectivity index (χ1) is 9.42. The van der Waals surface area contributed by atoms with Gasteiger partial charge in [0.15, 0.2) is 11.5 Å². The predicted octanol–water partition coefficient (Wildman–Crippen LogP) is 2.13. The van der Waals surface area contributed by atoms with Gasteiger partial charge in [-0.2, -0.15) is 0 Å². The van der Waals surface area contributed by atoms with E-state index in [1.807, 2.05) is 18.2 Å². The van der Waals surface area contributed by atoms with Gasteiger partial charge in [-0.3, -0.25) is 4.79 Å². The normalized spacial score (nSPS) is 15.6. The van der Waals surface area contributed by atoms with Crippen molar-refractivity contribution in [1.29, 1.82) is 0 Å². The summed E-state index contributed by atoms with van der Waals surface area (Å²) in [5.74, 6) is 0.469. The van der Waals surface area contributed by atoms with E-state index in [4.69, 9.17) is 14.2 Å². The molecule has 0 spiro atoms. The van der Waals surface area contributed by atoms with E-state index >= 15 is 0 Å². The zero-order valence-corrected chi connectivity index (χ0v) is 12.0. The first-order valence-electron chi connectivity index (χ1n) is 6.57. The molecule has 1 aliphatic rings. The number of carboxylic acids is 1. The van der Waals surface area contributed by atoms with Gasteiger partial charge in [-0.1, -0.05) is 6.07 Å². The average molecular weight is 280 g/mol. The van der Waals surface area contributed by atoms with Gasteiger partial charge >= 0.3 is 5.97 Å². The Balaban J connectivity index is 2.17. The number of ether oxygens (including phenoxy) is 3. The lowest BCUT2D eigenvalue weighted by atomic mass is 9.86. The van der Waals surface area contributed by atoms with Gasteiger partial charge in [0.1, 0.15) is 6.10 Å². The maximum Gasteiger partial charge on any atom is 0.309 e. The molecule has 2 rings (SSSR count). The summed E-state index contributed by atoms with van der Waals surface area (Å²) in [7, 11) is 1.58. The van der Waals surface area contributed by atoms with Crippen LogP contribution in [0.5, 0.6) is 11.5 Å². The van der Waals surface area contributed by atoms with E-state index in [1.54, 1.807) is 21.0 Å². The van der Waals surface area contributed by atoms with Crippen molar-refractivity contribution in [3.63, 3.8) is 0 Å². The number of benzene rings is 1. The lowest BCUT2D eigenvalue weighted by Gasteiger charge is -2.28. The van der Waals surface area contributed by atoms with Crippen molar-refractivity contribution in [1.82, 2.24) is 0 Å². The molecule has 1 aromatic carbocycles. The minimum Gasteiger partial charge on any atom is -0.493 e. The highest BCUT2D eigenvalue weighted by molar-refractivity contribution is 5.74. The molecule has 5 nitrogen and oxygen atoms in total. The standard InChI is InChI=1S/C15H20O5/c1-15(2,14(16)17)7-10-4-5-12(18-3)13(6-10)20-11-8-19-9-11/h4-6,11H,7-9H2,1-3H3,(H,16,17). The first-order valence-corrected chi connectivity index (χ1v) is 6.57. The van der Waals surface area contributed by atoms with Gasteiger partial charge in [-0.15, -0.1) is 0 Å². The van der Waals surface area contributed by atoms with Crippen molar-refractivity contribution < 1.29 is 24.1 Å². The Labute approximate surface area is 118 Å². The highest BCUT2D eigenvalue weighted by Gasteiger charge is 2.28. The van der Waals surface area contributed by atoms with Crippen LogP contribution in [0.3, 0.4) is 0 Å². The Hall–Kier alpha value is -1.75. The number of methoxy groups -OCH3 is 1. The Morgan fingerprint density at radius 2 is 2.10 bits per heavy atom. The molecule has 0 atom stereocenters. The van der Waals surface area contributed by atoms with Gasteiger partial charge in [0.2, 0.25) is 0 Å². The highest BCUT2D eigenvalue weighted by Crippen LogP contribution is 2.32. The zero-order valence-electron chi connectivity index (χ0n) is 12.0. The van der Waals surface area contributed by atoms with E-state index < -0.39 is 11.4 Å². The Kier molecular flexibility index (Phi) is 4.18. The third kappa shape index (κ3) is 3.22. The van der Waals surface area contributed by atoms with E-state index in [-0.39, 0.29) is 6.10 Å². The minimum absolute atomic E-state index is 0.0478. The number of rotatable bonds is 6. The lowest BCUT2D eigenvalue weighted by molar-refractivity contribution is -0.146. The molecule has 1 fully saturated rings.